The Morgan fingerprint density at radius 1 is 1.28 bits per heavy atom. The highest BCUT2D eigenvalue weighted by molar-refractivity contribution is 14.0. The maximum Gasteiger partial charge on any atom is 0.190 e. The van der Waals surface area contributed by atoms with Crippen molar-refractivity contribution in [2.75, 3.05) is 33.2 Å². The lowest BCUT2D eigenvalue weighted by molar-refractivity contribution is 0.179. The first kappa shape index (κ1) is 24.1. The lowest BCUT2D eigenvalue weighted by Gasteiger charge is -2.32. The summed E-state index contributed by atoms with van der Waals surface area (Å²) in [4.78, 5) is 8.42. The first-order valence-electron chi connectivity index (χ1n) is 10.3. The third-order valence-corrected chi connectivity index (χ3v) is 6.25. The Balaban J connectivity index is 0.00000300. The number of hydrogen-bond donors (Lipinski definition) is 2. The Morgan fingerprint density at radius 2 is 2.07 bits per heavy atom. The van der Waals surface area contributed by atoms with Crippen molar-refractivity contribution in [1.29, 1.82) is 0 Å². The molecule has 2 aromatic heterocycles. The summed E-state index contributed by atoms with van der Waals surface area (Å²) in [7, 11) is 1.85. The van der Waals surface area contributed by atoms with Crippen LogP contribution in [-0.2, 0) is 13.1 Å². The minimum Gasteiger partial charge on any atom is -0.356 e. The Labute approximate surface area is 196 Å². The molecule has 0 aromatic carbocycles. The van der Waals surface area contributed by atoms with Crippen LogP contribution in [0.25, 0.3) is 0 Å². The molecule has 29 heavy (non-hydrogen) atoms. The SMILES string of the molecule is CN=C(NCCCn1nc(C)cc1C)NCC1CCN(Cc2cccs2)CC1.I. The molecule has 0 amide bonds. The van der Waals surface area contributed by atoms with Crippen LogP contribution in [0.15, 0.2) is 28.6 Å². The molecule has 6 nitrogen and oxygen atoms in total. The summed E-state index contributed by atoms with van der Waals surface area (Å²) in [6, 6.07) is 6.51. The molecule has 1 aliphatic rings. The predicted molar refractivity (Wildman–Crippen MR) is 133 cm³/mol. The summed E-state index contributed by atoms with van der Waals surface area (Å²) < 4.78 is 2.08. The van der Waals surface area contributed by atoms with Crippen LogP contribution in [0.2, 0.25) is 0 Å². The molecule has 0 bridgehead atoms. The van der Waals surface area contributed by atoms with Gasteiger partial charge in [-0.2, -0.15) is 5.10 Å². The summed E-state index contributed by atoms with van der Waals surface area (Å²) in [5.74, 6) is 1.64. The van der Waals surface area contributed by atoms with Gasteiger partial charge in [0.1, 0.15) is 0 Å². The van der Waals surface area contributed by atoms with Gasteiger partial charge in [0.2, 0.25) is 0 Å². The van der Waals surface area contributed by atoms with Crippen LogP contribution < -0.4 is 10.6 Å². The molecule has 0 saturated carbocycles. The third-order valence-electron chi connectivity index (χ3n) is 5.39. The Morgan fingerprint density at radius 3 is 2.69 bits per heavy atom. The summed E-state index contributed by atoms with van der Waals surface area (Å²) in [5.41, 5.74) is 2.31. The second-order valence-electron chi connectivity index (χ2n) is 7.68. The van der Waals surface area contributed by atoms with E-state index >= 15 is 0 Å². The number of aryl methyl sites for hydroxylation is 3. The highest BCUT2D eigenvalue weighted by Gasteiger charge is 2.19. The monoisotopic (exact) mass is 530 g/mol. The lowest BCUT2D eigenvalue weighted by atomic mass is 9.97. The van der Waals surface area contributed by atoms with Gasteiger partial charge in [0.15, 0.2) is 5.96 Å². The molecule has 8 heteroatoms. The van der Waals surface area contributed by atoms with E-state index in [1.54, 1.807) is 0 Å². The van der Waals surface area contributed by atoms with Gasteiger partial charge in [-0.1, -0.05) is 6.07 Å². The second kappa shape index (κ2) is 12.5. The van der Waals surface area contributed by atoms with Crippen LogP contribution in [0.4, 0.5) is 0 Å². The fourth-order valence-electron chi connectivity index (χ4n) is 3.77. The number of hydrogen-bond acceptors (Lipinski definition) is 4. The Hall–Kier alpha value is -1.13. The van der Waals surface area contributed by atoms with Crippen molar-refractivity contribution in [3.05, 3.63) is 39.8 Å². The summed E-state index contributed by atoms with van der Waals surface area (Å²) in [6.45, 7) is 10.5. The molecule has 1 saturated heterocycles. The molecule has 1 fully saturated rings. The van der Waals surface area contributed by atoms with Crippen LogP contribution in [0.3, 0.4) is 0 Å². The molecule has 0 unspecified atom stereocenters. The normalized spacial score (nSPS) is 15.9. The number of thiophene rings is 1. The van der Waals surface area contributed by atoms with E-state index in [2.05, 4.69) is 60.8 Å². The number of rotatable bonds is 8. The highest BCUT2D eigenvalue weighted by atomic mass is 127. The van der Waals surface area contributed by atoms with E-state index in [4.69, 9.17) is 0 Å². The molecule has 2 aromatic rings. The molecule has 3 heterocycles. The van der Waals surface area contributed by atoms with Gasteiger partial charge in [0.05, 0.1) is 5.69 Å². The number of nitrogens with zero attached hydrogens (tertiary/aromatic N) is 4. The number of likely N-dealkylation sites (tertiary alicyclic amines) is 1. The highest BCUT2D eigenvalue weighted by Crippen LogP contribution is 2.20. The number of guanidine groups is 1. The maximum atomic E-state index is 4.51. The summed E-state index contributed by atoms with van der Waals surface area (Å²) in [5, 5.41) is 13.6. The van der Waals surface area contributed by atoms with Crippen molar-refractivity contribution in [2.24, 2.45) is 10.9 Å². The average molecular weight is 531 g/mol. The van der Waals surface area contributed by atoms with Gasteiger partial charge in [-0.25, -0.2) is 0 Å². The van der Waals surface area contributed by atoms with Crippen LogP contribution in [-0.4, -0.2) is 53.9 Å². The zero-order valence-corrected chi connectivity index (χ0v) is 21.0. The van der Waals surface area contributed by atoms with E-state index in [1.807, 2.05) is 25.3 Å². The molecular formula is C21H35IN6S. The number of nitrogens with one attached hydrogen (secondary N) is 2. The molecule has 0 aliphatic carbocycles. The third kappa shape index (κ3) is 7.90. The van der Waals surface area contributed by atoms with Crippen molar-refractivity contribution in [3.63, 3.8) is 0 Å². The minimum atomic E-state index is 0. The van der Waals surface area contributed by atoms with Gasteiger partial charge >= 0.3 is 0 Å². The summed E-state index contributed by atoms with van der Waals surface area (Å²) >= 11 is 1.86. The molecule has 0 radical (unpaired) electrons. The number of halogens is 1. The molecular weight excluding hydrogens is 495 g/mol. The van der Waals surface area contributed by atoms with Crippen molar-refractivity contribution in [1.82, 2.24) is 25.3 Å². The van der Waals surface area contributed by atoms with E-state index < -0.39 is 0 Å². The number of aliphatic imine (C=N–C) groups is 1. The van der Waals surface area contributed by atoms with Crippen LogP contribution >= 0.6 is 35.3 Å². The van der Waals surface area contributed by atoms with Gasteiger partial charge in [-0.3, -0.25) is 14.6 Å². The smallest absolute Gasteiger partial charge is 0.190 e. The zero-order chi connectivity index (χ0) is 19.8. The first-order chi connectivity index (χ1) is 13.6. The van der Waals surface area contributed by atoms with Crippen molar-refractivity contribution < 1.29 is 0 Å². The largest absolute Gasteiger partial charge is 0.356 e. The summed E-state index contributed by atoms with van der Waals surface area (Å²) in [6.07, 6.45) is 3.55. The molecule has 3 rings (SSSR count). The van der Waals surface area contributed by atoms with Crippen LogP contribution in [0.1, 0.15) is 35.5 Å². The van der Waals surface area contributed by atoms with Crippen molar-refractivity contribution in [3.8, 4) is 0 Å². The predicted octanol–water partition coefficient (Wildman–Crippen LogP) is 3.65. The molecule has 162 valence electrons. The standard InChI is InChI=1S/C21H34N6S.HI/c1-17-14-18(2)27(25-17)10-5-9-23-21(22-3)24-15-19-7-11-26(12-8-19)16-20-6-4-13-28-20;/h4,6,13-14,19H,5,7-12,15-16H2,1-3H3,(H2,22,23,24);1H. The van der Waals surface area contributed by atoms with E-state index in [0.717, 1.165) is 50.2 Å². The fraction of sp³-hybridized carbons (Fsp3) is 0.619. The van der Waals surface area contributed by atoms with Crippen molar-refractivity contribution in [2.45, 2.75) is 46.2 Å². The van der Waals surface area contributed by atoms with Gasteiger partial charge in [-0.05, 0) is 69.6 Å². The number of piperidine rings is 1. The minimum absolute atomic E-state index is 0. The molecule has 1 aliphatic heterocycles. The van der Waals surface area contributed by atoms with Crippen molar-refractivity contribution >= 4 is 41.3 Å². The van der Waals surface area contributed by atoms with Crippen LogP contribution in [0.5, 0.6) is 0 Å². The molecule has 2 N–H and O–H groups in total. The average Bonchev–Trinajstić information content (AvgIpc) is 3.31. The van der Waals surface area contributed by atoms with Crippen LogP contribution in [0, 0.1) is 19.8 Å². The van der Waals surface area contributed by atoms with E-state index in [-0.39, 0.29) is 24.0 Å². The topological polar surface area (TPSA) is 57.5 Å². The molecule has 0 atom stereocenters. The Bertz CT molecular complexity index is 734. The quantitative estimate of drug-likeness (QED) is 0.237. The van der Waals surface area contributed by atoms with Gasteiger partial charge in [0.25, 0.3) is 0 Å². The van der Waals surface area contributed by atoms with E-state index in [1.165, 1.54) is 36.5 Å². The molecule has 0 spiro atoms. The Kier molecular flexibility index (Phi) is 10.4. The number of aromatic nitrogens is 2. The van der Waals surface area contributed by atoms with E-state index in [9.17, 15) is 0 Å². The van der Waals surface area contributed by atoms with Gasteiger partial charge < -0.3 is 10.6 Å². The lowest BCUT2D eigenvalue weighted by Crippen LogP contribution is -2.43. The second-order valence-corrected chi connectivity index (χ2v) is 8.71. The zero-order valence-electron chi connectivity index (χ0n) is 17.9. The van der Waals surface area contributed by atoms with E-state index in [0.29, 0.717) is 0 Å². The first-order valence-corrected chi connectivity index (χ1v) is 11.2. The van der Waals surface area contributed by atoms with Gasteiger partial charge in [0, 0.05) is 43.8 Å². The maximum absolute atomic E-state index is 4.51. The van der Waals surface area contributed by atoms with Gasteiger partial charge in [-0.15, -0.1) is 35.3 Å². The fourth-order valence-corrected chi connectivity index (χ4v) is 4.52.